The fraction of sp³-hybridized carbons (Fsp3) is 0.462. The predicted molar refractivity (Wildman–Crippen MR) is 76.9 cm³/mol. The molecular weight excluding hydrogens is 349 g/mol. The fourth-order valence-corrected chi connectivity index (χ4v) is 1.91. The molecule has 1 aromatic carbocycles. The van der Waals surface area contributed by atoms with E-state index in [0.29, 0.717) is 12.8 Å². The van der Waals surface area contributed by atoms with Crippen molar-refractivity contribution in [1.82, 2.24) is 0 Å². The first kappa shape index (κ1) is 17.4. The third kappa shape index (κ3) is 4.66. The highest BCUT2D eigenvalue weighted by atomic mass is 79.9. The van der Waals surface area contributed by atoms with E-state index in [2.05, 4.69) is 15.9 Å². The number of carboxylic acids is 1. The first-order valence-corrected chi connectivity index (χ1v) is 6.94. The minimum absolute atomic E-state index is 0.0199. The van der Waals surface area contributed by atoms with Crippen LogP contribution in [0, 0.1) is 21.3 Å². The maximum atomic E-state index is 13.4. The molecule has 0 bridgehead atoms. The summed E-state index contributed by atoms with van der Waals surface area (Å²) in [5.74, 6) is -1.77. The van der Waals surface area contributed by atoms with Crippen LogP contribution in [0.3, 0.4) is 0 Å². The Morgan fingerprint density at radius 1 is 1.52 bits per heavy atom. The van der Waals surface area contributed by atoms with Crippen molar-refractivity contribution in [3.05, 3.63) is 32.5 Å². The zero-order valence-electron chi connectivity index (χ0n) is 11.6. The van der Waals surface area contributed by atoms with E-state index >= 15 is 0 Å². The van der Waals surface area contributed by atoms with Crippen molar-refractivity contribution in [1.29, 1.82) is 0 Å². The summed E-state index contributed by atoms with van der Waals surface area (Å²) in [6.45, 7) is 3.23. The lowest BCUT2D eigenvalue weighted by Crippen LogP contribution is -2.24. The summed E-state index contributed by atoms with van der Waals surface area (Å²) >= 11 is 2.87. The van der Waals surface area contributed by atoms with Gasteiger partial charge in [0.15, 0.2) is 5.75 Å². The molecule has 6 nitrogen and oxygen atoms in total. The smallest absolute Gasteiger partial charge is 0.312 e. The Morgan fingerprint density at radius 2 is 2.14 bits per heavy atom. The lowest BCUT2D eigenvalue weighted by molar-refractivity contribution is -0.386. The van der Waals surface area contributed by atoms with E-state index in [9.17, 15) is 19.3 Å². The van der Waals surface area contributed by atoms with Crippen molar-refractivity contribution in [3.8, 4) is 5.75 Å². The maximum absolute atomic E-state index is 13.4. The van der Waals surface area contributed by atoms with Crippen LogP contribution in [0.4, 0.5) is 10.1 Å². The van der Waals surface area contributed by atoms with E-state index in [4.69, 9.17) is 9.84 Å². The molecule has 8 heteroatoms. The van der Waals surface area contributed by atoms with Crippen LogP contribution in [-0.4, -0.2) is 22.6 Å². The summed E-state index contributed by atoms with van der Waals surface area (Å²) in [6.07, 6.45) is 0.725. The molecule has 0 aromatic heterocycles. The van der Waals surface area contributed by atoms with Crippen LogP contribution in [0.5, 0.6) is 5.75 Å². The topological polar surface area (TPSA) is 89.7 Å². The Balaban J connectivity index is 2.70. The van der Waals surface area contributed by atoms with Gasteiger partial charge in [0, 0.05) is 12.1 Å². The zero-order chi connectivity index (χ0) is 16.2. The molecule has 0 saturated heterocycles. The molecule has 0 fully saturated rings. The minimum Gasteiger partial charge on any atom is -0.487 e. The van der Waals surface area contributed by atoms with Gasteiger partial charge in [-0.15, -0.1) is 0 Å². The zero-order valence-corrected chi connectivity index (χ0v) is 13.1. The third-order valence-corrected chi connectivity index (χ3v) is 3.59. The molecule has 0 atom stereocenters. The normalized spacial score (nSPS) is 11.2. The number of nitrogens with zero attached hydrogens (tertiary/aromatic N) is 1. The van der Waals surface area contributed by atoms with Crippen molar-refractivity contribution >= 4 is 27.6 Å². The second-order valence-electron chi connectivity index (χ2n) is 5.13. The first-order chi connectivity index (χ1) is 9.65. The second kappa shape index (κ2) is 6.84. The van der Waals surface area contributed by atoms with Gasteiger partial charge in [0.25, 0.3) is 0 Å². The van der Waals surface area contributed by atoms with Gasteiger partial charge in [-0.05, 0) is 42.6 Å². The largest absolute Gasteiger partial charge is 0.487 e. The van der Waals surface area contributed by atoms with E-state index < -0.39 is 22.1 Å². The number of rotatable bonds is 7. The predicted octanol–water partition coefficient (Wildman–Crippen LogP) is 3.77. The standard InChI is InChI=1S/C13H15BrFNO5/c1-13(2,12(17)18)4-3-5-21-11-7-9(15)8(14)6-10(11)16(19)20/h6-7H,3-5H2,1-2H3,(H,17,18). The summed E-state index contributed by atoms with van der Waals surface area (Å²) in [5.41, 5.74) is -1.25. The highest BCUT2D eigenvalue weighted by molar-refractivity contribution is 9.10. The number of nitro groups is 1. The Morgan fingerprint density at radius 3 is 2.67 bits per heavy atom. The number of carbonyl (C=O) groups is 1. The molecule has 1 aromatic rings. The van der Waals surface area contributed by atoms with Gasteiger partial charge in [0.05, 0.1) is 21.4 Å². The van der Waals surface area contributed by atoms with Gasteiger partial charge in [0.1, 0.15) is 5.82 Å². The van der Waals surface area contributed by atoms with E-state index in [0.717, 1.165) is 12.1 Å². The van der Waals surface area contributed by atoms with E-state index in [1.165, 1.54) is 0 Å². The van der Waals surface area contributed by atoms with E-state index in [-0.39, 0.29) is 22.5 Å². The summed E-state index contributed by atoms with van der Waals surface area (Å²) < 4.78 is 18.6. The molecule has 0 unspecified atom stereocenters. The van der Waals surface area contributed by atoms with Crippen molar-refractivity contribution in [3.63, 3.8) is 0 Å². The lowest BCUT2D eigenvalue weighted by atomic mass is 9.88. The molecule has 0 spiro atoms. The number of aliphatic carboxylic acids is 1. The molecule has 0 aliphatic rings. The van der Waals surface area contributed by atoms with Gasteiger partial charge >= 0.3 is 11.7 Å². The molecule has 116 valence electrons. The Bertz CT molecular complexity index is 562. The molecule has 0 saturated carbocycles. The van der Waals surface area contributed by atoms with Crippen LogP contribution >= 0.6 is 15.9 Å². The van der Waals surface area contributed by atoms with Gasteiger partial charge in [-0.3, -0.25) is 14.9 Å². The number of hydrogen-bond acceptors (Lipinski definition) is 4. The molecular formula is C13H15BrFNO5. The van der Waals surface area contributed by atoms with Crippen molar-refractivity contribution in [2.75, 3.05) is 6.61 Å². The van der Waals surface area contributed by atoms with Crippen LogP contribution in [0.25, 0.3) is 0 Å². The molecule has 21 heavy (non-hydrogen) atoms. The second-order valence-corrected chi connectivity index (χ2v) is 5.99. The van der Waals surface area contributed by atoms with Gasteiger partial charge in [-0.1, -0.05) is 0 Å². The summed E-state index contributed by atoms with van der Waals surface area (Å²) in [4.78, 5) is 21.1. The molecule has 0 radical (unpaired) electrons. The van der Waals surface area contributed by atoms with Gasteiger partial charge in [-0.2, -0.15) is 0 Å². The van der Waals surface area contributed by atoms with Crippen molar-refractivity contribution < 1.29 is 24.0 Å². The Kier molecular flexibility index (Phi) is 5.65. The van der Waals surface area contributed by atoms with Crippen LogP contribution in [0.15, 0.2) is 16.6 Å². The number of ether oxygens (including phenoxy) is 1. The fourth-order valence-electron chi connectivity index (χ4n) is 1.58. The van der Waals surface area contributed by atoms with Crippen molar-refractivity contribution in [2.45, 2.75) is 26.7 Å². The Labute approximate surface area is 129 Å². The van der Waals surface area contributed by atoms with Crippen LogP contribution in [0.1, 0.15) is 26.7 Å². The highest BCUT2D eigenvalue weighted by Crippen LogP contribution is 2.33. The number of carboxylic acid groups (broad SMARTS) is 1. The van der Waals surface area contributed by atoms with Crippen molar-refractivity contribution in [2.24, 2.45) is 5.41 Å². The molecule has 1 rings (SSSR count). The monoisotopic (exact) mass is 363 g/mol. The van der Waals surface area contributed by atoms with Crippen LogP contribution < -0.4 is 4.74 Å². The molecule has 1 N–H and O–H groups in total. The quantitative estimate of drug-likeness (QED) is 0.452. The summed E-state index contributed by atoms with van der Waals surface area (Å²) in [7, 11) is 0. The number of halogens is 2. The van der Waals surface area contributed by atoms with E-state index in [1.54, 1.807) is 13.8 Å². The first-order valence-electron chi connectivity index (χ1n) is 6.15. The number of hydrogen-bond donors (Lipinski definition) is 1. The number of nitro benzene ring substituents is 1. The van der Waals surface area contributed by atoms with Crippen LogP contribution in [0.2, 0.25) is 0 Å². The number of benzene rings is 1. The average Bonchev–Trinajstić information content (AvgIpc) is 2.37. The van der Waals surface area contributed by atoms with Gasteiger partial charge in [-0.25, -0.2) is 4.39 Å². The lowest BCUT2D eigenvalue weighted by Gasteiger charge is -2.18. The molecule has 0 heterocycles. The molecule has 0 aliphatic heterocycles. The molecule has 0 aliphatic carbocycles. The summed E-state index contributed by atoms with van der Waals surface area (Å²) in [5, 5.41) is 19.8. The van der Waals surface area contributed by atoms with Crippen LogP contribution in [-0.2, 0) is 4.79 Å². The third-order valence-electron chi connectivity index (χ3n) is 2.98. The SMILES string of the molecule is CC(C)(CCCOc1cc(F)c(Br)cc1[N+](=O)[O-])C(=O)O. The molecule has 0 amide bonds. The van der Waals surface area contributed by atoms with Gasteiger partial charge in [0.2, 0.25) is 0 Å². The average molecular weight is 364 g/mol. The Hall–Kier alpha value is -1.70. The highest BCUT2D eigenvalue weighted by Gasteiger charge is 2.26. The van der Waals surface area contributed by atoms with Gasteiger partial charge < -0.3 is 9.84 Å². The summed E-state index contributed by atoms with van der Waals surface area (Å²) in [6, 6.07) is 1.97. The van der Waals surface area contributed by atoms with E-state index in [1.807, 2.05) is 0 Å². The minimum atomic E-state index is -0.928. The maximum Gasteiger partial charge on any atom is 0.312 e.